The summed E-state index contributed by atoms with van der Waals surface area (Å²) in [6.45, 7) is 2.51. The average Bonchev–Trinajstić information content (AvgIpc) is 3.77. The third-order valence-electron chi connectivity index (χ3n) is 10.4. The zero-order valence-corrected chi connectivity index (χ0v) is 28.9. The van der Waals surface area contributed by atoms with E-state index in [2.05, 4.69) is 15.3 Å². The molecule has 52 heavy (non-hydrogen) atoms. The number of imide groups is 1. The van der Waals surface area contributed by atoms with Gasteiger partial charge in [-0.05, 0) is 79.0 Å². The summed E-state index contributed by atoms with van der Waals surface area (Å²) in [7, 11) is -2.63. The Morgan fingerprint density at radius 2 is 1.73 bits per heavy atom. The maximum atomic E-state index is 15.7. The lowest BCUT2D eigenvalue weighted by molar-refractivity contribution is -0.135. The van der Waals surface area contributed by atoms with E-state index in [0.29, 0.717) is 33.2 Å². The molecule has 3 aromatic carbocycles. The number of likely N-dealkylation sites (tertiary alicyclic amines) is 1. The molecular formula is C35H35FN8O7S. The maximum Gasteiger partial charge on any atom is 0.329 e. The lowest BCUT2D eigenvalue weighted by atomic mass is 9.89. The summed E-state index contributed by atoms with van der Waals surface area (Å²) in [6.07, 6.45) is 5.88. The number of piperidine rings is 2. The highest BCUT2D eigenvalue weighted by molar-refractivity contribution is 7.92. The summed E-state index contributed by atoms with van der Waals surface area (Å²) < 4.78 is 47.7. The van der Waals surface area contributed by atoms with Gasteiger partial charge in [-0.25, -0.2) is 18.2 Å². The molecule has 270 valence electrons. The highest BCUT2D eigenvalue weighted by atomic mass is 32.2. The summed E-state index contributed by atoms with van der Waals surface area (Å²) in [5.74, 6) is -2.84. The molecule has 5 aromatic rings. The zero-order chi connectivity index (χ0) is 36.5. The first-order valence-electron chi connectivity index (χ1n) is 17.0. The standard InChI is InChI=1S/C35H35FN8O7S/c1-40-28-15-22(4-5-26(28)44(35(40)49)27-6-7-30(46)38-34(27)48)20-8-10-41(11-9-20)12-13-42-18-24(17-37-42)21-2-3-23-16-29(45)33(32(36)25(23)14-21)43-19-31(47)39-52(43,50)51/h2-5,14-18,20,27,45H,6-13,19H2,1H3,(H,39,47)(H,38,46,48). The van der Waals surface area contributed by atoms with E-state index in [0.717, 1.165) is 49.1 Å². The molecule has 0 radical (unpaired) electrons. The Balaban J connectivity index is 0.921. The van der Waals surface area contributed by atoms with E-state index < -0.39 is 51.9 Å². The molecule has 3 fully saturated rings. The summed E-state index contributed by atoms with van der Waals surface area (Å²) in [6, 6.07) is 11.5. The number of carbonyl (C=O) groups excluding carboxylic acids is 3. The maximum absolute atomic E-state index is 15.7. The summed E-state index contributed by atoms with van der Waals surface area (Å²) in [5, 5.41) is 17.8. The fourth-order valence-corrected chi connectivity index (χ4v) is 8.79. The highest BCUT2D eigenvalue weighted by Gasteiger charge is 2.38. The van der Waals surface area contributed by atoms with Crippen molar-refractivity contribution in [3.8, 4) is 16.9 Å². The van der Waals surface area contributed by atoms with Crippen LogP contribution in [0.15, 0.2) is 59.7 Å². The topological polar surface area (TPSA) is 181 Å². The zero-order valence-electron chi connectivity index (χ0n) is 28.1. The first kappa shape index (κ1) is 33.6. The van der Waals surface area contributed by atoms with Crippen molar-refractivity contribution in [3.63, 3.8) is 0 Å². The molecule has 1 unspecified atom stereocenters. The second kappa shape index (κ2) is 12.6. The number of nitrogens with zero attached hydrogens (tertiary/aromatic N) is 6. The Hall–Kier alpha value is -5.55. The number of rotatable bonds is 7. The van der Waals surface area contributed by atoms with Gasteiger partial charge in [0.05, 0.1) is 23.8 Å². The predicted molar refractivity (Wildman–Crippen MR) is 188 cm³/mol. The fourth-order valence-electron chi connectivity index (χ4n) is 7.62. The van der Waals surface area contributed by atoms with E-state index in [9.17, 15) is 32.7 Å². The molecule has 3 aliphatic rings. The number of anilines is 1. The van der Waals surface area contributed by atoms with Crippen molar-refractivity contribution in [3.05, 3.63) is 76.7 Å². The Kier molecular flexibility index (Phi) is 8.13. The van der Waals surface area contributed by atoms with Crippen molar-refractivity contribution in [1.82, 2.24) is 33.9 Å². The van der Waals surface area contributed by atoms with Crippen LogP contribution in [0.5, 0.6) is 5.75 Å². The van der Waals surface area contributed by atoms with Crippen molar-refractivity contribution in [1.29, 1.82) is 0 Å². The van der Waals surface area contributed by atoms with Crippen LogP contribution in [0.3, 0.4) is 0 Å². The molecule has 15 nitrogen and oxygen atoms in total. The van der Waals surface area contributed by atoms with Gasteiger partial charge in [0.2, 0.25) is 11.8 Å². The molecule has 5 heterocycles. The van der Waals surface area contributed by atoms with Crippen LogP contribution in [-0.4, -0.2) is 81.2 Å². The van der Waals surface area contributed by atoms with E-state index in [1.807, 2.05) is 29.1 Å². The molecule has 3 amide bonds. The third kappa shape index (κ3) is 5.78. The molecule has 8 rings (SSSR count). The van der Waals surface area contributed by atoms with Gasteiger partial charge in [0, 0.05) is 37.2 Å². The van der Waals surface area contributed by atoms with Gasteiger partial charge in [0.15, 0.2) is 5.82 Å². The van der Waals surface area contributed by atoms with Gasteiger partial charge < -0.3 is 10.0 Å². The Morgan fingerprint density at radius 1 is 0.942 bits per heavy atom. The number of phenols is 1. The number of carbonyl (C=O) groups is 3. The number of nitrogens with one attached hydrogen (secondary N) is 2. The van der Waals surface area contributed by atoms with E-state index >= 15 is 4.39 Å². The number of amides is 3. The van der Waals surface area contributed by atoms with E-state index in [1.54, 1.807) is 40.7 Å². The van der Waals surface area contributed by atoms with Crippen molar-refractivity contribution in [2.24, 2.45) is 7.05 Å². The Morgan fingerprint density at radius 3 is 2.46 bits per heavy atom. The minimum atomic E-state index is -4.33. The quantitative estimate of drug-likeness (QED) is 0.212. The summed E-state index contributed by atoms with van der Waals surface area (Å²) >= 11 is 0. The summed E-state index contributed by atoms with van der Waals surface area (Å²) in [4.78, 5) is 51.5. The lowest BCUT2D eigenvalue weighted by Crippen LogP contribution is -2.44. The van der Waals surface area contributed by atoms with Crippen LogP contribution in [0, 0.1) is 5.82 Å². The van der Waals surface area contributed by atoms with Crippen molar-refractivity contribution in [2.45, 2.75) is 44.2 Å². The molecule has 17 heteroatoms. The molecule has 0 saturated carbocycles. The second-order valence-electron chi connectivity index (χ2n) is 13.6. The fraction of sp³-hybridized carbons (Fsp3) is 0.343. The van der Waals surface area contributed by atoms with Crippen LogP contribution in [0.2, 0.25) is 0 Å². The third-order valence-corrected chi connectivity index (χ3v) is 11.8. The first-order chi connectivity index (χ1) is 24.9. The van der Waals surface area contributed by atoms with Gasteiger partial charge in [0.25, 0.3) is 5.91 Å². The number of aryl methyl sites for hydroxylation is 1. The predicted octanol–water partition coefficient (Wildman–Crippen LogP) is 2.24. The smallest absolute Gasteiger partial charge is 0.329 e. The van der Waals surface area contributed by atoms with Gasteiger partial charge in [-0.1, -0.05) is 18.2 Å². The van der Waals surface area contributed by atoms with Crippen LogP contribution in [0.1, 0.15) is 43.2 Å². The average molecular weight is 731 g/mol. The lowest BCUT2D eigenvalue weighted by Gasteiger charge is -2.32. The van der Waals surface area contributed by atoms with Gasteiger partial charge >= 0.3 is 15.9 Å². The van der Waals surface area contributed by atoms with E-state index in [1.165, 1.54) is 10.6 Å². The van der Waals surface area contributed by atoms with E-state index in [4.69, 9.17) is 0 Å². The van der Waals surface area contributed by atoms with Crippen LogP contribution in [0.25, 0.3) is 32.9 Å². The number of aromatic hydroxyl groups is 1. The molecule has 0 bridgehead atoms. The van der Waals surface area contributed by atoms with Crippen molar-refractivity contribution < 1.29 is 32.3 Å². The van der Waals surface area contributed by atoms with Crippen molar-refractivity contribution >= 4 is 55.4 Å². The number of halogens is 1. The number of imidazole rings is 1. The Bertz CT molecular complexity index is 2480. The minimum absolute atomic E-state index is 0.0868. The molecule has 2 aromatic heterocycles. The van der Waals surface area contributed by atoms with Crippen LogP contribution in [0.4, 0.5) is 10.1 Å². The van der Waals surface area contributed by atoms with Crippen LogP contribution >= 0.6 is 0 Å². The normalized spacial score (nSPS) is 19.8. The minimum Gasteiger partial charge on any atom is -0.506 e. The molecular weight excluding hydrogens is 695 g/mol. The number of hydrogen-bond acceptors (Lipinski definition) is 9. The number of aromatic nitrogens is 4. The number of phenolic OH excluding ortho intramolecular Hbond substituents is 1. The van der Waals surface area contributed by atoms with Gasteiger partial charge in [-0.2, -0.15) is 13.5 Å². The number of hydrogen-bond donors (Lipinski definition) is 3. The van der Waals surface area contributed by atoms with Crippen molar-refractivity contribution in [2.75, 3.05) is 30.5 Å². The van der Waals surface area contributed by atoms with Gasteiger partial charge in [0.1, 0.15) is 24.0 Å². The number of fused-ring (bicyclic) bond motifs is 2. The second-order valence-corrected chi connectivity index (χ2v) is 15.2. The molecule has 1 atom stereocenters. The van der Waals surface area contributed by atoms with Gasteiger partial charge in [-0.3, -0.25) is 33.5 Å². The Labute approximate surface area is 296 Å². The van der Waals surface area contributed by atoms with E-state index in [-0.39, 0.29) is 29.8 Å². The largest absolute Gasteiger partial charge is 0.506 e. The van der Waals surface area contributed by atoms with Crippen LogP contribution < -0.4 is 20.0 Å². The van der Waals surface area contributed by atoms with Gasteiger partial charge in [-0.15, -0.1) is 0 Å². The summed E-state index contributed by atoms with van der Waals surface area (Å²) in [5.41, 5.74) is 3.08. The molecule has 0 spiro atoms. The molecule has 3 aliphatic heterocycles. The first-order valence-corrected chi connectivity index (χ1v) is 18.4. The molecule has 3 N–H and O–H groups in total. The monoisotopic (exact) mass is 730 g/mol. The number of benzene rings is 3. The van der Waals surface area contributed by atoms with Crippen LogP contribution in [-0.2, 0) is 38.2 Å². The highest BCUT2D eigenvalue weighted by Crippen LogP contribution is 2.39. The molecule has 3 saturated heterocycles. The molecule has 0 aliphatic carbocycles. The SMILES string of the molecule is Cn1c(=O)n(C2CCC(=O)NC2=O)c2ccc(C3CCN(CCn4cc(-c5ccc6cc(O)c(N7CC(=O)NS7(=O)=O)c(F)c6c5)cn4)CC3)cc21.